The minimum absolute atomic E-state index is 0.358. The predicted molar refractivity (Wildman–Crippen MR) is 72.8 cm³/mol. The highest BCUT2D eigenvalue weighted by Gasteiger charge is 2.21. The van der Waals surface area contributed by atoms with Crippen molar-refractivity contribution in [2.75, 3.05) is 5.32 Å². The molecule has 1 aromatic carbocycles. The SMILES string of the molecule is NC1CCC(Nc2cccc(-n3cccn3)c2)C1. The van der Waals surface area contributed by atoms with Crippen molar-refractivity contribution in [3.05, 3.63) is 42.7 Å². The first-order chi connectivity index (χ1) is 8.81. The summed E-state index contributed by atoms with van der Waals surface area (Å²) in [5.74, 6) is 0. The van der Waals surface area contributed by atoms with Crippen molar-refractivity contribution in [1.29, 1.82) is 0 Å². The van der Waals surface area contributed by atoms with Crippen molar-refractivity contribution >= 4 is 5.69 Å². The maximum atomic E-state index is 5.93. The van der Waals surface area contributed by atoms with Gasteiger partial charge in [0.15, 0.2) is 0 Å². The van der Waals surface area contributed by atoms with Crippen LogP contribution in [0.4, 0.5) is 5.69 Å². The Morgan fingerprint density at radius 1 is 1.28 bits per heavy atom. The van der Waals surface area contributed by atoms with Gasteiger partial charge < -0.3 is 11.1 Å². The molecule has 0 bridgehead atoms. The minimum atomic E-state index is 0.358. The Bertz CT molecular complexity index is 506. The Morgan fingerprint density at radius 2 is 2.22 bits per heavy atom. The first kappa shape index (κ1) is 11.3. The third kappa shape index (κ3) is 2.38. The summed E-state index contributed by atoms with van der Waals surface area (Å²) >= 11 is 0. The summed E-state index contributed by atoms with van der Waals surface area (Å²) in [7, 11) is 0. The molecule has 3 rings (SSSR count). The first-order valence-electron chi connectivity index (χ1n) is 6.43. The molecule has 1 saturated carbocycles. The van der Waals surface area contributed by atoms with Crippen LogP contribution in [0.1, 0.15) is 19.3 Å². The highest BCUT2D eigenvalue weighted by atomic mass is 15.3. The van der Waals surface area contributed by atoms with Crippen molar-refractivity contribution < 1.29 is 0 Å². The van der Waals surface area contributed by atoms with Crippen LogP contribution in [0.3, 0.4) is 0 Å². The van der Waals surface area contributed by atoms with Gasteiger partial charge in [-0.2, -0.15) is 5.10 Å². The molecule has 1 heterocycles. The summed E-state index contributed by atoms with van der Waals surface area (Å²) in [6.07, 6.45) is 7.08. The summed E-state index contributed by atoms with van der Waals surface area (Å²) in [5, 5.41) is 7.79. The molecule has 0 saturated heterocycles. The fourth-order valence-electron chi connectivity index (χ4n) is 2.54. The van der Waals surface area contributed by atoms with Crippen LogP contribution in [-0.4, -0.2) is 21.9 Å². The highest BCUT2D eigenvalue weighted by molar-refractivity contribution is 5.51. The quantitative estimate of drug-likeness (QED) is 0.867. The van der Waals surface area contributed by atoms with E-state index in [4.69, 9.17) is 5.73 Å². The molecule has 0 amide bonds. The lowest BCUT2D eigenvalue weighted by molar-refractivity contribution is 0.688. The molecule has 1 aromatic heterocycles. The topological polar surface area (TPSA) is 55.9 Å². The lowest BCUT2D eigenvalue weighted by Crippen LogP contribution is -2.20. The largest absolute Gasteiger partial charge is 0.382 e. The Kier molecular flexibility index (Phi) is 3.02. The predicted octanol–water partition coefficient (Wildman–Crippen LogP) is 2.16. The standard InChI is InChI=1S/C14H18N4/c15-11-5-6-13(9-11)17-12-3-1-4-14(10-12)18-8-2-7-16-18/h1-4,7-8,10-11,13,17H,5-6,9,15H2. The van der Waals surface area contributed by atoms with Crippen molar-refractivity contribution in [3.8, 4) is 5.69 Å². The molecule has 18 heavy (non-hydrogen) atoms. The summed E-state index contributed by atoms with van der Waals surface area (Å²) in [4.78, 5) is 0. The number of benzene rings is 1. The van der Waals surface area contributed by atoms with E-state index in [1.165, 1.54) is 0 Å². The van der Waals surface area contributed by atoms with Crippen LogP contribution >= 0.6 is 0 Å². The molecular weight excluding hydrogens is 224 g/mol. The van der Waals surface area contributed by atoms with Crippen LogP contribution < -0.4 is 11.1 Å². The third-order valence-electron chi connectivity index (χ3n) is 3.46. The average Bonchev–Trinajstić information content (AvgIpc) is 3.01. The summed E-state index contributed by atoms with van der Waals surface area (Å²) < 4.78 is 1.87. The number of nitrogens with zero attached hydrogens (tertiary/aromatic N) is 2. The Labute approximate surface area is 107 Å². The maximum absolute atomic E-state index is 5.93. The van der Waals surface area contributed by atoms with E-state index in [0.29, 0.717) is 12.1 Å². The zero-order valence-electron chi connectivity index (χ0n) is 10.3. The molecule has 4 nitrogen and oxygen atoms in total. The fraction of sp³-hybridized carbons (Fsp3) is 0.357. The molecule has 94 valence electrons. The van der Waals surface area contributed by atoms with E-state index in [1.54, 1.807) is 6.20 Å². The van der Waals surface area contributed by atoms with Crippen molar-refractivity contribution in [3.63, 3.8) is 0 Å². The first-order valence-corrected chi connectivity index (χ1v) is 6.43. The number of nitrogens with one attached hydrogen (secondary N) is 1. The third-order valence-corrected chi connectivity index (χ3v) is 3.46. The Hall–Kier alpha value is -1.81. The number of hydrogen-bond donors (Lipinski definition) is 2. The molecule has 4 heteroatoms. The van der Waals surface area contributed by atoms with Gasteiger partial charge in [0.05, 0.1) is 5.69 Å². The van der Waals surface area contributed by atoms with Gasteiger partial charge in [0.1, 0.15) is 0 Å². The molecule has 2 atom stereocenters. The fourth-order valence-corrected chi connectivity index (χ4v) is 2.54. The molecule has 0 radical (unpaired) electrons. The monoisotopic (exact) mass is 242 g/mol. The molecule has 0 aliphatic heterocycles. The van der Waals surface area contributed by atoms with E-state index >= 15 is 0 Å². The Balaban J connectivity index is 1.75. The van der Waals surface area contributed by atoms with Gasteiger partial charge in [-0.3, -0.25) is 0 Å². The van der Waals surface area contributed by atoms with E-state index in [-0.39, 0.29) is 0 Å². The van der Waals surface area contributed by atoms with Crippen molar-refractivity contribution in [2.45, 2.75) is 31.3 Å². The van der Waals surface area contributed by atoms with Gasteiger partial charge in [-0.05, 0) is 43.5 Å². The van der Waals surface area contributed by atoms with Crippen molar-refractivity contribution in [1.82, 2.24) is 9.78 Å². The second-order valence-electron chi connectivity index (χ2n) is 4.92. The Morgan fingerprint density at radius 3 is 2.94 bits per heavy atom. The van der Waals surface area contributed by atoms with Crippen LogP contribution in [0.2, 0.25) is 0 Å². The van der Waals surface area contributed by atoms with Crippen LogP contribution in [-0.2, 0) is 0 Å². The van der Waals surface area contributed by atoms with E-state index < -0.39 is 0 Å². The molecule has 0 spiro atoms. The van der Waals surface area contributed by atoms with E-state index in [2.05, 4.69) is 28.6 Å². The van der Waals surface area contributed by atoms with Gasteiger partial charge in [0, 0.05) is 30.2 Å². The molecule has 1 fully saturated rings. The normalized spacial score (nSPS) is 23.2. The molecule has 1 aliphatic carbocycles. The summed E-state index contributed by atoms with van der Waals surface area (Å²) in [6, 6.07) is 11.1. The number of hydrogen-bond acceptors (Lipinski definition) is 3. The van der Waals surface area contributed by atoms with E-state index in [9.17, 15) is 0 Å². The molecular formula is C14H18N4. The number of nitrogens with two attached hydrogens (primary N) is 1. The molecule has 2 aromatic rings. The van der Waals surface area contributed by atoms with E-state index in [1.807, 2.05) is 23.0 Å². The van der Waals surface area contributed by atoms with Gasteiger partial charge in [-0.15, -0.1) is 0 Å². The van der Waals surface area contributed by atoms with Gasteiger partial charge in [-0.1, -0.05) is 6.07 Å². The zero-order valence-corrected chi connectivity index (χ0v) is 10.3. The number of rotatable bonds is 3. The van der Waals surface area contributed by atoms with Crippen LogP contribution in [0.25, 0.3) is 5.69 Å². The molecule has 2 unspecified atom stereocenters. The molecule has 1 aliphatic rings. The van der Waals surface area contributed by atoms with Crippen molar-refractivity contribution in [2.24, 2.45) is 5.73 Å². The highest BCUT2D eigenvalue weighted by Crippen LogP contribution is 2.22. The molecule has 3 N–H and O–H groups in total. The van der Waals surface area contributed by atoms with Crippen LogP contribution in [0, 0.1) is 0 Å². The zero-order chi connectivity index (χ0) is 12.4. The second-order valence-corrected chi connectivity index (χ2v) is 4.92. The average molecular weight is 242 g/mol. The van der Waals surface area contributed by atoms with Crippen LogP contribution in [0.5, 0.6) is 0 Å². The second kappa shape index (κ2) is 4.82. The van der Waals surface area contributed by atoms with Gasteiger partial charge in [0.25, 0.3) is 0 Å². The lowest BCUT2D eigenvalue weighted by atomic mass is 10.2. The number of aromatic nitrogens is 2. The van der Waals surface area contributed by atoms with Crippen LogP contribution in [0.15, 0.2) is 42.7 Å². The maximum Gasteiger partial charge on any atom is 0.0666 e. The van der Waals surface area contributed by atoms with Gasteiger partial charge >= 0.3 is 0 Å². The number of anilines is 1. The van der Waals surface area contributed by atoms with Gasteiger partial charge in [-0.25, -0.2) is 4.68 Å². The van der Waals surface area contributed by atoms with Gasteiger partial charge in [0.2, 0.25) is 0 Å². The summed E-state index contributed by atoms with van der Waals surface area (Å²) in [6.45, 7) is 0. The minimum Gasteiger partial charge on any atom is -0.382 e. The van der Waals surface area contributed by atoms with E-state index in [0.717, 1.165) is 30.6 Å². The lowest BCUT2D eigenvalue weighted by Gasteiger charge is -2.14. The smallest absolute Gasteiger partial charge is 0.0666 e. The summed E-state index contributed by atoms with van der Waals surface area (Å²) in [5.41, 5.74) is 8.15.